The van der Waals surface area contributed by atoms with E-state index in [1.807, 2.05) is 13.0 Å². The minimum atomic E-state index is 0.840. The Morgan fingerprint density at radius 1 is 2.00 bits per heavy atom. The first-order valence-corrected chi connectivity index (χ1v) is 3.15. The Balaban J connectivity index is 3.14. The molecule has 6 heavy (non-hydrogen) atoms. The SMILES string of the molecule is CC(Cl)=CCBr. The van der Waals surface area contributed by atoms with E-state index in [0.717, 1.165) is 10.4 Å². The quantitative estimate of drug-likeness (QED) is 0.529. The van der Waals surface area contributed by atoms with E-state index >= 15 is 0 Å². The molecule has 0 amide bonds. The molecular weight excluding hydrogens is 163 g/mol. The topological polar surface area (TPSA) is 0 Å². The van der Waals surface area contributed by atoms with Crippen molar-refractivity contribution in [2.45, 2.75) is 6.92 Å². The maximum absolute atomic E-state index is 5.41. The standard InChI is InChI=1S/C4H6BrCl/c1-4(6)2-3-5/h2H,3H2,1H3. The summed E-state index contributed by atoms with van der Waals surface area (Å²) in [6.45, 7) is 1.85. The Morgan fingerprint density at radius 2 is 2.50 bits per heavy atom. The molecule has 0 aliphatic carbocycles. The van der Waals surface area contributed by atoms with Crippen molar-refractivity contribution in [3.05, 3.63) is 11.1 Å². The second kappa shape index (κ2) is 3.69. The van der Waals surface area contributed by atoms with Gasteiger partial charge in [0.05, 0.1) is 0 Å². The van der Waals surface area contributed by atoms with Crippen LogP contribution in [0.15, 0.2) is 11.1 Å². The molecule has 0 heterocycles. The third-order valence-electron chi connectivity index (χ3n) is 0.358. The minimum Gasteiger partial charge on any atom is -0.0898 e. The molecule has 0 saturated heterocycles. The number of allylic oxidation sites excluding steroid dienone is 2. The van der Waals surface area contributed by atoms with Gasteiger partial charge in [0.25, 0.3) is 0 Å². The summed E-state index contributed by atoms with van der Waals surface area (Å²) >= 11 is 8.60. The molecule has 0 aromatic carbocycles. The summed E-state index contributed by atoms with van der Waals surface area (Å²) in [5.74, 6) is 0. The van der Waals surface area contributed by atoms with Gasteiger partial charge in [-0.05, 0) is 6.92 Å². The average molecular weight is 169 g/mol. The van der Waals surface area contributed by atoms with E-state index < -0.39 is 0 Å². The van der Waals surface area contributed by atoms with Crippen LogP contribution in [0.5, 0.6) is 0 Å². The fourth-order valence-corrected chi connectivity index (χ4v) is 0.855. The summed E-state index contributed by atoms with van der Waals surface area (Å²) in [4.78, 5) is 0. The van der Waals surface area contributed by atoms with E-state index in [0.29, 0.717) is 0 Å². The van der Waals surface area contributed by atoms with Crippen molar-refractivity contribution in [2.75, 3.05) is 5.33 Å². The van der Waals surface area contributed by atoms with Gasteiger partial charge >= 0.3 is 0 Å². The predicted octanol–water partition coefficient (Wildman–Crippen LogP) is 2.52. The number of halogens is 2. The second-order valence-corrected chi connectivity index (χ2v) is 2.19. The highest BCUT2D eigenvalue weighted by Gasteiger charge is 1.71. The van der Waals surface area contributed by atoms with Crippen molar-refractivity contribution in [1.82, 2.24) is 0 Å². The largest absolute Gasteiger partial charge is 0.0898 e. The Hall–Kier alpha value is 0.510. The molecule has 0 rings (SSSR count). The van der Waals surface area contributed by atoms with Crippen LogP contribution in [0.2, 0.25) is 0 Å². The van der Waals surface area contributed by atoms with Crippen molar-refractivity contribution < 1.29 is 0 Å². The zero-order valence-electron chi connectivity index (χ0n) is 3.54. The lowest BCUT2D eigenvalue weighted by atomic mass is 10.6. The molecule has 0 atom stereocenters. The lowest BCUT2D eigenvalue weighted by molar-refractivity contribution is 1.61. The van der Waals surface area contributed by atoms with Crippen molar-refractivity contribution in [1.29, 1.82) is 0 Å². The molecule has 0 fully saturated rings. The molecule has 0 saturated carbocycles. The summed E-state index contributed by atoms with van der Waals surface area (Å²) in [6.07, 6.45) is 1.89. The highest BCUT2D eigenvalue weighted by atomic mass is 79.9. The van der Waals surface area contributed by atoms with Gasteiger partial charge in [-0.2, -0.15) is 0 Å². The van der Waals surface area contributed by atoms with Gasteiger partial charge in [0, 0.05) is 10.4 Å². The maximum Gasteiger partial charge on any atom is 0.0226 e. The van der Waals surface area contributed by atoms with Crippen LogP contribution in [0.4, 0.5) is 0 Å². The van der Waals surface area contributed by atoms with Crippen LogP contribution in [0.25, 0.3) is 0 Å². The van der Waals surface area contributed by atoms with Crippen molar-refractivity contribution >= 4 is 27.5 Å². The van der Waals surface area contributed by atoms with Crippen molar-refractivity contribution in [2.24, 2.45) is 0 Å². The van der Waals surface area contributed by atoms with E-state index in [2.05, 4.69) is 15.9 Å². The second-order valence-electron chi connectivity index (χ2n) is 0.945. The first kappa shape index (κ1) is 6.51. The molecule has 0 bridgehead atoms. The van der Waals surface area contributed by atoms with Crippen molar-refractivity contribution in [3.63, 3.8) is 0 Å². The van der Waals surface area contributed by atoms with Gasteiger partial charge in [-0.25, -0.2) is 0 Å². The fourth-order valence-electron chi connectivity index (χ4n) is 0.106. The zero-order chi connectivity index (χ0) is 4.99. The Kier molecular flexibility index (Phi) is 4.01. The molecule has 0 aromatic heterocycles. The van der Waals surface area contributed by atoms with Crippen LogP contribution in [0, 0.1) is 0 Å². The normalized spacial score (nSPS) is 12.2. The van der Waals surface area contributed by atoms with Gasteiger partial charge in [-0.15, -0.1) is 0 Å². The first-order chi connectivity index (χ1) is 2.77. The molecule has 0 aromatic rings. The third kappa shape index (κ3) is 4.51. The summed E-state index contributed by atoms with van der Waals surface area (Å²) in [5.41, 5.74) is 0. The zero-order valence-corrected chi connectivity index (χ0v) is 5.88. The van der Waals surface area contributed by atoms with Crippen LogP contribution >= 0.6 is 27.5 Å². The van der Waals surface area contributed by atoms with Crippen LogP contribution in [0.1, 0.15) is 6.92 Å². The highest BCUT2D eigenvalue weighted by molar-refractivity contribution is 9.09. The number of alkyl halides is 1. The van der Waals surface area contributed by atoms with E-state index in [4.69, 9.17) is 11.6 Å². The highest BCUT2D eigenvalue weighted by Crippen LogP contribution is 1.97. The first-order valence-electron chi connectivity index (χ1n) is 1.65. The van der Waals surface area contributed by atoms with Gasteiger partial charge in [0.15, 0.2) is 0 Å². The lowest BCUT2D eigenvalue weighted by Gasteiger charge is -1.76. The Morgan fingerprint density at radius 3 is 2.50 bits per heavy atom. The molecular formula is C4H6BrCl. The fraction of sp³-hybridized carbons (Fsp3) is 0.500. The summed E-state index contributed by atoms with van der Waals surface area (Å²) in [7, 11) is 0. The molecule has 2 heteroatoms. The lowest BCUT2D eigenvalue weighted by Crippen LogP contribution is -1.58. The van der Waals surface area contributed by atoms with Crippen LogP contribution in [-0.4, -0.2) is 5.33 Å². The van der Waals surface area contributed by atoms with Gasteiger partial charge in [0.1, 0.15) is 0 Å². The Labute approximate surface area is 51.3 Å². The summed E-state index contributed by atoms with van der Waals surface area (Å²) in [5, 5.41) is 1.69. The van der Waals surface area contributed by atoms with Crippen molar-refractivity contribution in [3.8, 4) is 0 Å². The van der Waals surface area contributed by atoms with E-state index in [1.54, 1.807) is 0 Å². The molecule has 0 radical (unpaired) electrons. The van der Waals surface area contributed by atoms with E-state index in [-0.39, 0.29) is 0 Å². The molecule has 0 N–H and O–H groups in total. The monoisotopic (exact) mass is 168 g/mol. The molecule has 36 valence electrons. The average Bonchev–Trinajstić information content (AvgIpc) is 1.35. The summed E-state index contributed by atoms with van der Waals surface area (Å²) < 4.78 is 0. The maximum atomic E-state index is 5.41. The third-order valence-corrected chi connectivity index (χ3v) is 0.836. The van der Waals surface area contributed by atoms with Crippen LogP contribution < -0.4 is 0 Å². The number of rotatable bonds is 1. The van der Waals surface area contributed by atoms with Crippen LogP contribution in [0.3, 0.4) is 0 Å². The molecule has 0 nitrogen and oxygen atoms in total. The Bertz CT molecular complexity index is 54.6. The molecule has 0 spiro atoms. The van der Waals surface area contributed by atoms with E-state index in [9.17, 15) is 0 Å². The van der Waals surface area contributed by atoms with Gasteiger partial charge in [0.2, 0.25) is 0 Å². The smallest absolute Gasteiger partial charge is 0.0226 e. The van der Waals surface area contributed by atoms with E-state index in [1.165, 1.54) is 0 Å². The van der Waals surface area contributed by atoms with Gasteiger partial charge in [-0.1, -0.05) is 33.6 Å². The predicted molar refractivity (Wildman–Crippen MR) is 33.4 cm³/mol. The number of hydrogen-bond donors (Lipinski definition) is 0. The number of hydrogen-bond acceptors (Lipinski definition) is 0. The van der Waals surface area contributed by atoms with Gasteiger partial charge < -0.3 is 0 Å². The molecule has 0 aliphatic rings. The summed E-state index contributed by atoms with van der Waals surface area (Å²) in [6, 6.07) is 0. The minimum absolute atomic E-state index is 0.840. The molecule has 0 unspecified atom stereocenters. The molecule has 0 aliphatic heterocycles. The van der Waals surface area contributed by atoms with Crippen LogP contribution in [-0.2, 0) is 0 Å². The van der Waals surface area contributed by atoms with Gasteiger partial charge in [-0.3, -0.25) is 0 Å².